The molecule has 0 aliphatic rings. The molecule has 26 heavy (non-hydrogen) atoms. The Hall–Kier alpha value is -2.36. The van der Waals surface area contributed by atoms with E-state index in [2.05, 4.69) is 24.4 Å². The zero-order valence-corrected chi connectivity index (χ0v) is 16.1. The Kier molecular flexibility index (Phi) is 10.1. The number of aryl methyl sites for hydroxylation is 1. The number of nitrogens with one attached hydrogen (secondary N) is 1. The molecule has 0 radical (unpaired) electrons. The first-order valence-electron chi connectivity index (χ1n) is 8.79. The van der Waals surface area contributed by atoms with Gasteiger partial charge in [0.1, 0.15) is 11.6 Å². The molecule has 6 nitrogen and oxygen atoms in total. The largest absolute Gasteiger partial charge is 0.383 e. The van der Waals surface area contributed by atoms with E-state index in [0.29, 0.717) is 26.3 Å². The molecule has 1 aromatic carbocycles. The van der Waals surface area contributed by atoms with Gasteiger partial charge in [-0.25, -0.2) is 0 Å². The van der Waals surface area contributed by atoms with Gasteiger partial charge in [-0.3, -0.25) is 4.79 Å². The summed E-state index contributed by atoms with van der Waals surface area (Å²) in [6.45, 7) is 6.16. The maximum Gasteiger partial charge on any atom is 0.263 e. The SMILES string of the molecule is CCc1ccc(C(C)NC(=O)/C(C#N)=C\N(CCOC)CCOC)cc1. The Morgan fingerprint density at radius 2 is 1.81 bits per heavy atom. The fraction of sp³-hybridized carbons (Fsp3) is 0.500. The number of benzene rings is 1. The molecule has 0 fully saturated rings. The van der Waals surface area contributed by atoms with E-state index >= 15 is 0 Å². The molecule has 0 bridgehead atoms. The summed E-state index contributed by atoms with van der Waals surface area (Å²) in [6.07, 6.45) is 2.54. The summed E-state index contributed by atoms with van der Waals surface area (Å²) in [4.78, 5) is 14.3. The van der Waals surface area contributed by atoms with Crippen LogP contribution < -0.4 is 5.32 Å². The number of nitrogens with zero attached hydrogens (tertiary/aromatic N) is 2. The summed E-state index contributed by atoms with van der Waals surface area (Å²) in [6, 6.07) is 9.91. The smallest absolute Gasteiger partial charge is 0.263 e. The number of nitriles is 1. The van der Waals surface area contributed by atoms with Gasteiger partial charge in [-0.1, -0.05) is 31.2 Å². The van der Waals surface area contributed by atoms with E-state index in [1.807, 2.05) is 30.0 Å². The standard InChI is InChI=1S/C20H29N3O3/c1-5-17-6-8-18(9-7-17)16(2)22-20(24)19(14-21)15-23(10-12-25-3)11-13-26-4/h6-9,15-16H,5,10-13H2,1-4H3,(H,22,24)/b19-15-. The first-order chi connectivity index (χ1) is 12.5. The lowest BCUT2D eigenvalue weighted by molar-refractivity contribution is -0.117. The number of carbonyl (C=O) groups excluding carboxylic acids is 1. The van der Waals surface area contributed by atoms with Crippen LogP contribution >= 0.6 is 0 Å². The third-order valence-electron chi connectivity index (χ3n) is 4.08. The Labute approximate surface area is 156 Å². The number of hydrogen-bond acceptors (Lipinski definition) is 5. The molecule has 1 rings (SSSR count). The van der Waals surface area contributed by atoms with E-state index in [0.717, 1.165) is 12.0 Å². The normalized spacial score (nSPS) is 12.3. The third-order valence-corrected chi connectivity index (χ3v) is 4.08. The molecule has 6 heteroatoms. The van der Waals surface area contributed by atoms with Crippen LogP contribution in [-0.2, 0) is 20.7 Å². The van der Waals surface area contributed by atoms with E-state index < -0.39 is 0 Å². The molecule has 1 aromatic rings. The van der Waals surface area contributed by atoms with Gasteiger partial charge in [0, 0.05) is 33.5 Å². The highest BCUT2D eigenvalue weighted by atomic mass is 16.5. The average molecular weight is 359 g/mol. The van der Waals surface area contributed by atoms with E-state index in [4.69, 9.17) is 9.47 Å². The van der Waals surface area contributed by atoms with E-state index in [9.17, 15) is 10.1 Å². The number of hydrogen-bond donors (Lipinski definition) is 1. The summed E-state index contributed by atoms with van der Waals surface area (Å²) >= 11 is 0. The van der Waals surface area contributed by atoms with Gasteiger partial charge in [0.05, 0.1) is 19.3 Å². The summed E-state index contributed by atoms with van der Waals surface area (Å²) in [5, 5.41) is 12.3. The van der Waals surface area contributed by atoms with Gasteiger partial charge in [-0.05, 0) is 24.5 Å². The summed E-state index contributed by atoms with van der Waals surface area (Å²) in [7, 11) is 3.23. The van der Waals surface area contributed by atoms with Crippen LogP contribution in [-0.4, -0.2) is 51.3 Å². The third kappa shape index (κ3) is 7.26. The predicted molar refractivity (Wildman–Crippen MR) is 101 cm³/mol. The molecule has 0 saturated carbocycles. The molecule has 1 atom stereocenters. The van der Waals surface area contributed by atoms with Crippen molar-refractivity contribution in [2.75, 3.05) is 40.5 Å². The lowest BCUT2D eigenvalue weighted by atomic mass is 10.0. The summed E-state index contributed by atoms with van der Waals surface area (Å²) in [5.41, 5.74) is 2.31. The van der Waals surface area contributed by atoms with Gasteiger partial charge in [-0.15, -0.1) is 0 Å². The molecule has 1 N–H and O–H groups in total. The first kappa shape index (κ1) is 21.7. The van der Waals surface area contributed by atoms with Crippen molar-refractivity contribution in [3.63, 3.8) is 0 Å². The molecule has 1 unspecified atom stereocenters. The number of rotatable bonds is 11. The van der Waals surface area contributed by atoms with Crippen LogP contribution in [0.1, 0.15) is 31.0 Å². The number of ether oxygens (including phenoxy) is 2. The first-order valence-corrected chi connectivity index (χ1v) is 8.79. The van der Waals surface area contributed by atoms with Gasteiger partial charge in [-0.2, -0.15) is 5.26 Å². The van der Waals surface area contributed by atoms with Gasteiger partial charge in [0.25, 0.3) is 5.91 Å². The van der Waals surface area contributed by atoms with E-state index in [1.54, 1.807) is 20.4 Å². The Morgan fingerprint density at radius 3 is 2.27 bits per heavy atom. The highest BCUT2D eigenvalue weighted by molar-refractivity contribution is 5.97. The van der Waals surface area contributed by atoms with Crippen LogP contribution in [0.15, 0.2) is 36.0 Å². The molecule has 0 saturated heterocycles. The molecule has 0 heterocycles. The van der Waals surface area contributed by atoms with Crippen molar-refractivity contribution in [1.82, 2.24) is 10.2 Å². The maximum atomic E-state index is 12.5. The van der Waals surface area contributed by atoms with Crippen LogP contribution in [0.2, 0.25) is 0 Å². The van der Waals surface area contributed by atoms with Crippen molar-refractivity contribution in [1.29, 1.82) is 5.26 Å². The molecule has 0 aromatic heterocycles. The van der Waals surface area contributed by atoms with Crippen molar-refractivity contribution >= 4 is 5.91 Å². The molecule has 1 amide bonds. The maximum absolute atomic E-state index is 12.5. The van der Waals surface area contributed by atoms with Crippen molar-refractivity contribution in [2.45, 2.75) is 26.3 Å². The second-order valence-corrected chi connectivity index (χ2v) is 5.97. The quantitative estimate of drug-likeness (QED) is 0.485. The highest BCUT2D eigenvalue weighted by Crippen LogP contribution is 2.14. The summed E-state index contributed by atoms with van der Waals surface area (Å²) < 4.78 is 10.1. The van der Waals surface area contributed by atoms with E-state index in [-0.39, 0.29) is 17.5 Å². The van der Waals surface area contributed by atoms with Crippen molar-refractivity contribution in [2.24, 2.45) is 0 Å². The van der Waals surface area contributed by atoms with Crippen LogP contribution in [0.3, 0.4) is 0 Å². The molecule has 0 aliphatic carbocycles. The topological polar surface area (TPSA) is 74.6 Å². The molecule has 142 valence electrons. The highest BCUT2D eigenvalue weighted by Gasteiger charge is 2.15. The molecular weight excluding hydrogens is 330 g/mol. The Morgan fingerprint density at radius 1 is 1.23 bits per heavy atom. The van der Waals surface area contributed by atoms with Gasteiger partial charge in [0.15, 0.2) is 0 Å². The van der Waals surface area contributed by atoms with Gasteiger partial charge < -0.3 is 19.7 Å². The second-order valence-electron chi connectivity index (χ2n) is 5.97. The lowest BCUT2D eigenvalue weighted by Crippen LogP contribution is -2.31. The second kappa shape index (κ2) is 12.1. The molecule has 0 spiro atoms. The zero-order chi connectivity index (χ0) is 19.4. The van der Waals surface area contributed by atoms with Crippen LogP contribution in [0, 0.1) is 11.3 Å². The fourth-order valence-electron chi connectivity index (χ4n) is 2.38. The average Bonchev–Trinajstić information content (AvgIpc) is 2.67. The van der Waals surface area contributed by atoms with Gasteiger partial charge in [0.2, 0.25) is 0 Å². The van der Waals surface area contributed by atoms with E-state index in [1.165, 1.54) is 5.56 Å². The minimum absolute atomic E-state index is 0.0641. The fourth-order valence-corrected chi connectivity index (χ4v) is 2.38. The van der Waals surface area contributed by atoms with Crippen molar-refractivity contribution in [3.05, 3.63) is 47.2 Å². The molecule has 0 aliphatic heterocycles. The number of methoxy groups -OCH3 is 2. The monoisotopic (exact) mass is 359 g/mol. The van der Waals surface area contributed by atoms with Gasteiger partial charge >= 0.3 is 0 Å². The minimum atomic E-state index is -0.389. The van der Waals surface area contributed by atoms with Crippen LogP contribution in [0.25, 0.3) is 0 Å². The zero-order valence-electron chi connectivity index (χ0n) is 16.1. The Balaban J connectivity index is 2.79. The van der Waals surface area contributed by atoms with Crippen molar-refractivity contribution in [3.8, 4) is 6.07 Å². The Bertz CT molecular complexity index is 612. The number of carbonyl (C=O) groups is 1. The lowest BCUT2D eigenvalue weighted by Gasteiger charge is -2.20. The molecular formula is C20H29N3O3. The number of amides is 1. The van der Waals surface area contributed by atoms with Crippen LogP contribution in [0.4, 0.5) is 0 Å². The van der Waals surface area contributed by atoms with Crippen molar-refractivity contribution < 1.29 is 14.3 Å². The summed E-state index contributed by atoms with van der Waals surface area (Å²) in [5.74, 6) is -0.389. The minimum Gasteiger partial charge on any atom is -0.383 e. The van der Waals surface area contributed by atoms with Crippen LogP contribution in [0.5, 0.6) is 0 Å². The predicted octanol–water partition coefficient (Wildman–Crippen LogP) is 2.43.